The first-order valence-electron chi connectivity index (χ1n) is 6.96. The van der Waals surface area contributed by atoms with Gasteiger partial charge in [-0.25, -0.2) is 4.79 Å². The number of hydrogen-bond donors (Lipinski definition) is 3. The summed E-state index contributed by atoms with van der Waals surface area (Å²) < 4.78 is 0. The highest BCUT2D eigenvalue weighted by molar-refractivity contribution is 5.95. The molecular formula is C15H21N3O4. The van der Waals surface area contributed by atoms with E-state index >= 15 is 0 Å². The van der Waals surface area contributed by atoms with Gasteiger partial charge in [0.2, 0.25) is 5.91 Å². The number of amides is 3. The third-order valence-electron chi connectivity index (χ3n) is 2.96. The fraction of sp³-hybridized carbons (Fsp3) is 0.400. The predicted molar refractivity (Wildman–Crippen MR) is 81.2 cm³/mol. The van der Waals surface area contributed by atoms with Crippen molar-refractivity contribution in [2.24, 2.45) is 0 Å². The SMILES string of the molecule is CC(C)N(CC(=O)O)CC(=O)NC(=O)NCc1ccccc1. The van der Waals surface area contributed by atoms with Gasteiger partial charge in [0.1, 0.15) is 0 Å². The highest BCUT2D eigenvalue weighted by atomic mass is 16.4. The van der Waals surface area contributed by atoms with Gasteiger partial charge in [-0.1, -0.05) is 30.3 Å². The number of aliphatic carboxylic acids is 1. The second-order valence-electron chi connectivity index (χ2n) is 5.11. The van der Waals surface area contributed by atoms with E-state index in [-0.39, 0.29) is 19.1 Å². The summed E-state index contributed by atoms with van der Waals surface area (Å²) >= 11 is 0. The molecule has 0 spiro atoms. The van der Waals surface area contributed by atoms with Gasteiger partial charge in [0.25, 0.3) is 0 Å². The van der Waals surface area contributed by atoms with Gasteiger partial charge >= 0.3 is 12.0 Å². The summed E-state index contributed by atoms with van der Waals surface area (Å²) in [6.45, 7) is 3.47. The number of imide groups is 1. The summed E-state index contributed by atoms with van der Waals surface area (Å²) in [5.41, 5.74) is 0.916. The zero-order valence-electron chi connectivity index (χ0n) is 12.7. The predicted octanol–water partition coefficient (Wildman–Crippen LogP) is 0.807. The highest BCUT2D eigenvalue weighted by Gasteiger charge is 2.18. The van der Waals surface area contributed by atoms with Crippen LogP contribution in [0.5, 0.6) is 0 Å². The van der Waals surface area contributed by atoms with Crippen LogP contribution >= 0.6 is 0 Å². The van der Waals surface area contributed by atoms with Crippen LogP contribution in [0, 0.1) is 0 Å². The average Bonchev–Trinajstić information content (AvgIpc) is 2.45. The number of nitrogens with zero attached hydrogens (tertiary/aromatic N) is 1. The van der Waals surface area contributed by atoms with Crippen molar-refractivity contribution in [2.45, 2.75) is 26.4 Å². The lowest BCUT2D eigenvalue weighted by Gasteiger charge is -2.23. The van der Waals surface area contributed by atoms with Crippen LogP contribution < -0.4 is 10.6 Å². The van der Waals surface area contributed by atoms with E-state index in [0.717, 1.165) is 5.56 Å². The summed E-state index contributed by atoms with van der Waals surface area (Å²) in [6, 6.07) is 8.57. The number of urea groups is 1. The third kappa shape index (κ3) is 6.85. The van der Waals surface area contributed by atoms with Crippen molar-refractivity contribution < 1.29 is 19.5 Å². The monoisotopic (exact) mass is 307 g/mol. The van der Waals surface area contributed by atoms with Crippen LogP contribution in [0.15, 0.2) is 30.3 Å². The fourth-order valence-electron chi connectivity index (χ4n) is 1.77. The number of carbonyl (C=O) groups is 3. The van der Waals surface area contributed by atoms with Crippen LogP contribution in [-0.4, -0.2) is 47.0 Å². The first-order chi connectivity index (χ1) is 10.4. The first-order valence-corrected chi connectivity index (χ1v) is 6.96. The molecule has 0 fully saturated rings. The Morgan fingerprint density at radius 3 is 2.32 bits per heavy atom. The molecule has 22 heavy (non-hydrogen) atoms. The molecule has 1 aromatic carbocycles. The normalized spacial score (nSPS) is 10.5. The Morgan fingerprint density at radius 2 is 1.77 bits per heavy atom. The molecule has 0 aromatic heterocycles. The van der Waals surface area contributed by atoms with Gasteiger partial charge in [-0.2, -0.15) is 0 Å². The lowest BCUT2D eigenvalue weighted by atomic mass is 10.2. The lowest BCUT2D eigenvalue weighted by molar-refractivity contribution is -0.139. The molecule has 0 aliphatic carbocycles. The van der Waals surface area contributed by atoms with Crippen molar-refractivity contribution in [1.29, 1.82) is 0 Å². The summed E-state index contributed by atoms with van der Waals surface area (Å²) in [6.07, 6.45) is 0. The molecule has 0 heterocycles. The zero-order chi connectivity index (χ0) is 16.5. The molecule has 7 nitrogen and oxygen atoms in total. The smallest absolute Gasteiger partial charge is 0.321 e. The molecule has 0 saturated carbocycles. The van der Waals surface area contributed by atoms with Gasteiger partial charge in [-0.3, -0.25) is 19.8 Å². The van der Waals surface area contributed by atoms with Crippen molar-refractivity contribution in [2.75, 3.05) is 13.1 Å². The van der Waals surface area contributed by atoms with Crippen LogP contribution in [0.4, 0.5) is 4.79 Å². The Balaban J connectivity index is 2.39. The molecule has 3 amide bonds. The van der Waals surface area contributed by atoms with Crippen molar-refractivity contribution in [3.8, 4) is 0 Å². The number of rotatable bonds is 7. The molecule has 0 aliphatic heterocycles. The molecule has 1 aromatic rings. The van der Waals surface area contributed by atoms with E-state index < -0.39 is 17.9 Å². The number of carboxylic acids is 1. The van der Waals surface area contributed by atoms with E-state index in [1.165, 1.54) is 4.90 Å². The van der Waals surface area contributed by atoms with E-state index in [2.05, 4.69) is 10.6 Å². The maximum atomic E-state index is 11.8. The molecule has 0 radical (unpaired) electrons. The van der Waals surface area contributed by atoms with E-state index in [9.17, 15) is 14.4 Å². The topological polar surface area (TPSA) is 98.7 Å². The van der Waals surface area contributed by atoms with Gasteiger partial charge in [-0.05, 0) is 19.4 Å². The van der Waals surface area contributed by atoms with Gasteiger partial charge in [0.05, 0.1) is 13.1 Å². The van der Waals surface area contributed by atoms with E-state index in [4.69, 9.17) is 5.11 Å². The van der Waals surface area contributed by atoms with Crippen LogP contribution in [0.2, 0.25) is 0 Å². The van der Waals surface area contributed by atoms with Crippen LogP contribution in [0.3, 0.4) is 0 Å². The standard InChI is InChI=1S/C15H21N3O4/c1-11(2)18(10-14(20)21)9-13(19)17-15(22)16-8-12-6-4-3-5-7-12/h3-7,11H,8-10H2,1-2H3,(H,20,21)(H2,16,17,19,22). The molecule has 1 rings (SSSR count). The van der Waals surface area contributed by atoms with Crippen molar-refractivity contribution in [3.05, 3.63) is 35.9 Å². The van der Waals surface area contributed by atoms with Crippen LogP contribution in [0.25, 0.3) is 0 Å². The molecule has 0 atom stereocenters. The molecular weight excluding hydrogens is 286 g/mol. The van der Waals surface area contributed by atoms with E-state index in [1.54, 1.807) is 13.8 Å². The quantitative estimate of drug-likeness (QED) is 0.692. The second-order valence-corrected chi connectivity index (χ2v) is 5.11. The maximum absolute atomic E-state index is 11.8. The Labute approximate surface area is 129 Å². The van der Waals surface area contributed by atoms with Gasteiger partial charge in [-0.15, -0.1) is 0 Å². The van der Waals surface area contributed by atoms with Crippen molar-refractivity contribution in [3.63, 3.8) is 0 Å². The molecule has 7 heteroatoms. The number of benzene rings is 1. The Hall–Kier alpha value is -2.41. The van der Waals surface area contributed by atoms with E-state index in [0.29, 0.717) is 6.54 Å². The lowest BCUT2D eigenvalue weighted by Crippen LogP contribution is -2.47. The summed E-state index contributed by atoms with van der Waals surface area (Å²) in [4.78, 5) is 35.6. The number of carboxylic acid groups (broad SMARTS) is 1. The highest BCUT2D eigenvalue weighted by Crippen LogP contribution is 1.98. The van der Waals surface area contributed by atoms with Crippen molar-refractivity contribution >= 4 is 17.9 Å². The Bertz CT molecular complexity index is 517. The van der Waals surface area contributed by atoms with Gasteiger partial charge in [0, 0.05) is 12.6 Å². The van der Waals surface area contributed by atoms with Crippen molar-refractivity contribution in [1.82, 2.24) is 15.5 Å². The summed E-state index contributed by atoms with van der Waals surface area (Å²) in [5.74, 6) is -1.56. The number of carbonyl (C=O) groups excluding carboxylic acids is 2. The minimum Gasteiger partial charge on any atom is -0.480 e. The molecule has 0 aliphatic rings. The summed E-state index contributed by atoms with van der Waals surface area (Å²) in [7, 11) is 0. The summed E-state index contributed by atoms with van der Waals surface area (Å²) in [5, 5.41) is 13.5. The maximum Gasteiger partial charge on any atom is 0.321 e. The minimum atomic E-state index is -1.02. The minimum absolute atomic E-state index is 0.116. The first kappa shape index (κ1) is 17.6. The fourth-order valence-corrected chi connectivity index (χ4v) is 1.77. The largest absolute Gasteiger partial charge is 0.480 e. The van der Waals surface area contributed by atoms with Gasteiger partial charge in [0.15, 0.2) is 0 Å². The molecule has 120 valence electrons. The van der Waals surface area contributed by atoms with Crippen LogP contribution in [-0.2, 0) is 16.1 Å². The number of nitrogens with one attached hydrogen (secondary N) is 2. The van der Waals surface area contributed by atoms with E-state index in [1.807, 2.05) is 30.3 Å². The molecule has 3 N–H and O–H groups in total. The zero-order valence-corrected chi connectivity index (χ0v) is 12.7. The molecule has 0 unspecified atom stereocenters. The number of hydrogen-bond acceptors (Lipinski definition) is 4. The molecule has 0 saturated heterocycles. The van der Waals surface area contributed by atoms with Crippen LogP contribution in [0.1, 0.15) is 19.4 Å². The van der Waals surface area contributed by atoms with Gasteiger partial charge < -0.3 is 10.4 Å². The Kier molecular flexibility index (Phi) is 7.04. The molecule has 0 bridgehead atoms. The Morgan fingerprint density at radius 1 is 1.14 bits per heavy atom. The average molecular weight is 307 g/mol. The second kappa shape index (κ2) is 8.78. The third-order valence-corrected chi connectivity index (χ3v) is 2.96.